The molecule has 2 aromatic carbocycles. The minimum atomic E-state index is 0.0548. The van der Waals surface area contributed by atoms with Crippen molar-refractivity contribution < 1.29 is 9.53 Å². The third kappa shape index (κ3) is 3.85. The molecule has 3 aromatic rings. The fourth-order valence-corrected chi connectivity index (χ4v) is 3.16. The summed E-state index contributed by atoms with van der Waals surface area (Å²) in [6.45, 7) is 3.55. The van der Waals surface area contributed by atoms with Crippen LogP contribution < -0.4 is 10.1 Å². The third-order valence-electron chi connectivity index (χ3n) is 4.50. The highest BCUT2D eigenvalue weighted by atomic mass is 16.5. The first-order valence-corrected chi connectivity index (χ1v) is 8.68. The van der Waals surface area contributed by atoms with Gasteiger partial charge in [-0.1, -0.05) is 36.4 Å². The smallest absolute Gasteiger partial charge is 0.220 e. The number of ether oxygens (including phenoxy) is 1. The molecule has 1 aromatic heterocycles. The molecular formula is C21H24N2O2. The number of hydrogen-bond donors (Lipinski definition) is 1. The van der Waals surface area contributed by atoms with E-state index in [0.717, 1.165) is 24.3 Å². The Morgan fingerprint density at radius 2 is 1.84 bits per heavy atom. The summed E-state index contributed by atoms with van der Waals surface area (Å²) in [7, 11) is 1.64. The predicted molar refractivity (Wildman–Crippen MR) is 101 cm³/mol. The van der Waals surface area contributed by atoms with E-state index in [9.17, 15) is 4.79 Å². The number of carbonyl (C=O) groups excluding carboxylic acids is 1. The van der Waals surface area contributed by atoms with Gasteiger partial charge in [0.15, 0.2) is 0 Å². The number of methoxy groups -OCH3 is 1. The lowest BCUT2D eigenvalue weighted by molar-refractivity contribution is -0.121. The third-order valence-corrected chi connectivity index (χ3v) is 4.50. The van der Waals surface area contributed by atoms with Crippen molar-refractivity contribution in [3.05, 3.63) is 65.9 Å². The summed E-state index contributed by atoms with van der Waals surface area (Å²) < 4.78 is 7.55. The number of nitrogens with one attached hydrogen (secondary N) is 1. The van der Waals surface area contributed by atoms with Gasteiger partial charge in [-0.15, -0.1) is 0 Å². The Hall–Kier alpha value is -2.75. The van der Waals surface area contributed by atoms with E-state index in [1.54, 1.807) is 7.11 Å². The standard InChI is InChI=1S/C21H24N2O2/c1-3-23-15-17(18-9-5-6-10-19(18)23)12-13-21(24)22-14-16-8-4-7-11-20(16)25-2/h4-11,15H,3,12-14H2,1-2H3,(H,22,24). The molecule has 0 saturated heterocycles. The molecule has 0 radical (unpaired) electrons. The maximum Gasteiger partial charge on any atom is 0.220 e. The van der Waals surface area contributed by atoms with E-state index < -0.39 is 0 Å². The van der Waals surface area contributed by atoms with Crippen molar-refractivity contribution in [2.45, 2.75) is 32.9 Å². The topological polar surface area (TPSA) is 43.3 Å². The molecule has 0 aliphatic carbocycles. The molecule has 4 nitrogen and oxygen atoms in total. The van der Waals surface area contributed by atoms with E-state index in [0.29, 0.717) is 13.0 Å². The lowest BCUT2D eigenvalue weighted by atomic mass is 10.1. The molecule has 0 aliphatic rings. The van der Waals surface area contributed by atoms with E-state index in [4.69, 9.17) is 4.74 Å². The molecule has 1 amide bonds. The first-order chi connectivity index (χ1) is 12.2. The Labute approximate surface area is 148 Å². The minimum Gasteiger partial charge on any atom is -0.496 e. The second-order valence-electron chi connectivity index (χ2n) is 6.05. The fraction of sp³-hybridized carbons (Fsp3) is 0.286. The van der Waals surface area contributed by atoms with Crippen molar-refractivity contribution in [3.63, 3.8) is 0 Å². The number of aromatic nitrogens is 1. The molecule has 0 unspecified atom stereocenters. The zero-order valence-electron chi connectivity index (χ0n) is 14.8. The van der Waals surface area contributed by atoms with Gasteiger partial charge in [0.2, 0.25) is 5.91 Å². The van der Waals surface area contributed by atoms with Crippen LogP contribution in [-0.4, -0.2) is 17.6 Å². The average Bonchev–Trinajstić information content (AvgIpc) is 3.03. The number of benzene rings is 2. The Bertz CT molecular complexity index is 867. The Balaban J connectivity index is 1.61. The predicted octanol–water partition coefficient (Wildman–Crippen LogP) is 3.92. The van der Waals surface area contributed by atoms with Crippen LogP contribution in [0.5, 0.6) is 5.75 Å². The van der Waals surface area contributed by atoms with E-state index in [2.05, 4.69) is 41.2 Å². The molecule has 0 spiro atoms. The molecule has 4 heteroatoms. The number of amides is 1. The normalized spacial score (nSPS) is 10.8. The molecule has 0 saturated carbocycles. The molecule has 0 bridgehead atoms. The van der Waals surface area contributed by atoms with E-state index >= 15 is 0 Å². The van der Waals surface area contributed by atoms with Crippen LogP contribution in [0.3, 0.4) is 0 Å². The van der Waals surface area contributed by atoms with Crippen molar-refractivity contribution in [1.29, 1.82) is 0 Å². The van der Waals surface area contributed by atoms with E-state index in [-0.39, 0.29) is 5.91 Å². The van der Waals surface area contributed by atoms with Crippen LogP contribution in [0.4, 0.5) is 0 Å². The summed E-state index contributed by atoms with van der Waals surface area (Å²) in [5.41, 5.74) is 3.44. The van der Waals surface area contributed by atoms with Crippen LogP contribution in [0.1, 0.15) is 24.5 Å². The summed E-state index contributed by atoms with van der Waals surface area (Å²) in [4.78, 5) is 12.2. The lowest BCUT2D eigenvalue weighted by Crippen LogP contribution is -2.23. The molecule has 130 valence electrons. The Morgan fingerprint density at radius 3 is 2.64 bits per heavy atom. The molecule has 0 fully saturated rings. The first kappa shape index (κ1) is 17.1. The van der Waals surface area contributed by atoms with Gasteiger partial charge >= 0.3 is 0 Å². The fourth-order valence-electron chi connectivity index (χ4n) is 3.16. The summed E-state index contributed by atoms with van der Waals surface area (Å²) in [6, 6.07) is 16.1. The monoisotopic (exact) mass is 336 g/mol. The summed E-state index contributed by atoms with van der Waals surface area (Å²) in [5, 5.41) is 4.22. The number of hydrogen-bond acceptors (Lipinski definition) is 2. The molecule has 1 N–H and O–H groups in total. The quantitative estimate of drug-likeness (QED) is 0.711. The van der Waals surface area contributed by atoms with Gasteiger partial charge < -0.3 is 14.6 Å². The minimum absolute atomic E-state index is 0.0548. The lowest BCUT2D eigenvalue weighted by Gasteiger charge is -2.09. The first-order valence-electron chi connectivity index (χ1n) is 8.68. The van der Waals surface area contributed by atoms with Crippen LogP contribution in [0.15, 0.2) is 54.7 Å². The van der Waals surface area contributed by atoms with Gasteiger partial charge in [0.1, 0.15) is 5.75 Å². The number of para-hydroxylation sites is 2. The molecule has 0 atom stereocenters. The van der Waals surface area contributed by atoms with Crippen LogP contribution in [-0.2, 0) is 24.3 Å². The molecule has 0 aliphatic heterocycles. The largest absolute Gasteiger partial charge is 0.496 e. The highest BCUT2D eigenvalue weighted by Gasteiger charge is 2.10. The van der Waals surface area contributed by atoms with Gasteiger partial charge in [0.05, 0.1) is 7.11 Å². The number of rotatable bonds is 7. The van der Waals surface area contributed by atoms with Crippen molar-refractivity contribution in [2.75, 3.05) is 7.11 Å². The molecular weight excluding hydrogens is 312 g/mol. The van der Waals surface area contributed by atoms with Crippen LogP contribution in [0, 0.1) is 0 Å². The van der Waals surface area contributed by atoms with Gasteiger partial charge in [-0.25, -0.2) is 0 Å². The highest BCUT2D eigenvalue weighted by molar-refractivity contribution is 5.85. The van der Waals surface area contributed by atoms with Crippen LogP contribution >= 0.6 is 0 Å². The maximum absolute atomic E-state index is 12.2. The number of fused-ring (bicyclic) bond motifs is 1. The molecule has 3 rings (SSSR count). The number of carbonyl (C=O) groups is 1. The SMILES string of the molecule is CCn1cc(CCC(=O)NCc2ccccc2OC)c2ccccc21. The Kier molecular flexibility index (Phi) is 5.39. The molecule has 25 heavy (non-hydrogen) atoms. The summed E-state index contributed by atoms with van der Waals surface area (Å²) in [6.07, 6.45) is 3.39. The van der Waals surface area contributed by atoms with Crippen molar-refractivity contribution in [2.24, 2.45) is 0 Å². The van der Waals surface area contributed by atoms with Crippen LogP contribution in [0.25, 0.3) is 10.9 Å². The maximum atomic E-state index is 12.2. The number of aryl methyl sites for hydroxylation is 2. The average molecular weight is 336 g/mol. The van der Waals surface area contributed by atoms with E-state index in [1.807, 2.05) is 30.3 Å². The van der Waals surface area contributed by atoms with Crippen molar-refractivity contribution in [3.8, 4) is 5.75 Å². The highest BCUT2D eigenvalue weighted by Crippen LogP contribution is 2.22. The number of nitrogens with zero attached hydrogens (tertiary/aromatic N) is 1. The van der Waals surface area contributed by atoms with Gasteiger partial charge in [-0.05, 0) is 31.0 Å². The summed E-state index contributed by atoms with van der Waals surface area (Å²) in [5.74, 6) is 0.855. The second-order valence-corrected chi connectivity index (χ2v) is 6.05. The van der Waals surface area contributed by atoms with Crippen molar-refractivity contribution in [1.82, 2.24) is 9.88 Å². The van der Waals surface area contributed by atoms with Crippen LogP contribution in [0.2, 0.25) is 0 Å². The van der Waals surface area contributed by atoms with Gasteiger partial charge in [0.25, 0.3) is 0 Å². The zero-order valence-corrected chi connectivity index (χ0v) is 14.8. The van der Waals surface area contributed by atoms with E-state index in [1.165, 1.54) is 16.5 Å². The molecule has 1 heterocycles. The summed E-state index contributed by atoms with van der Waals surface area (Å²) >= 11 is 0. The van der Waals surface area contributed by atoms with Gasteiger partial charge in [-0.3, -0.25) is 4.79 Å². The van der Waals surface area contributed by atoms with Crippen molar-refractivity contribution >= 4 is 16.8 Å². The Morgan fingerprint density at radius 1 is 1.08 bits per heavy atom. The van der Waals surface area contributed by atoms with Gasteiger partial charge in [-0.2, -0.15) is 0 Å². The zero-order chi connectivity index (χ0) is 17.6. The second kappa shape index (κ2) is 7.88. The van der Waals surface area contributed by atoms with Gasteiger partial charge in [0, 0.05) is 42.2 Å².